The van der Waals surface area contributed by atoms with E-state index in [-0.39, 0.29) is 11.8 Å². The highest BCUT2D eigenvalue weighted by molar-refractivity contribution is 5.78. The number of ether oxygens (including phenoxy) is 1. The van der Waals surface area contributed by atoms with Crippen LogP contribution in [0.5, 0.6) is 11.5 Å². The van der Waals surface area contributed by atoms with Gasteiger partial charge in [-0.25, -0.2) is 0 Å². The van der Waals surface area contributed by atoms with E-state index in [2.05, 4.69) is 15.3 Å². The molecule has 0 aliphatic carbocycles. The third-order valence-corrected chi connectivity index (χ3v) is 3.59. The molecular weight excluding hydrogens is 266 g/mol. The van der Waals surface area contributed by atoms with E-state index >= 15 is 0 Å². The summed E-state index contributed by atoms with van der Waals surface area (Å²) in [4.78, 5) is 8.56. The van der Waals surface area contributed by atoms with Gasteiger partial charge in [0.15, 0.2) is 0 Å². The van der Waals surface area contributed by atoms with Crippen LogP contribution in [0.25, 0.3) is 11.0 Å². The zero-order valence-electron chi connectivity index (χ0n) is 11.2. The first-order chi connectivity index (χ1) is 10.3. The van der Waals surface area contributed by atoms with Crippen molar-refractivity contribution in [1.29, 1.82) is 0 Å². The summed E-state index contributed by atoms with van der Waals surface area (Å²) in [5.41, 5.74) is 3.74. The standard InChI is InChI=1S/C16H13N3O2/c20-11-2-3-12-15(9-21-16(12)8-11)19-10-1-4-13-14(7-10)18-6-5-17-13/h1-8,15,19-20H,9H2. The Morgan fingerprint density at radius 2 is 1.90 bits per heavy atom. The lowest BCUT2D eigenvalue weighted by molar-refractivity contribution is 0.338. The second kappa shape index (κ2) is 4.63. The Morgan fingerprint density at radius 1 is 1.05 bits per heavy atom. The molecule has 0 bridgehead atoms. The number of aromatic nitrogens is 2. The normalized spacial score (nSPS) is 16.5. The Kier molecular flexibility index (Phi) is 2.64. The molecule has 21 heavy (non-hydrogen) atoms. The van der Waals surface area contributed by atoms with Gasteiger partial charge in [0.25, 0.3) is 0 Å². The first-order valence-corrected chi connectivity index (χ1v) is 6.73. The molecule has 4 rings (SSSR count). The Morgan fingerprint density at radius 3 is 2.81 bits per heavy atom. The first-order valence-electron chi connectivity index (χ1n) is 6.73. The van der Waals surface area contributed by atoms with Crippen LogP contribution in [-0.4, -0.2) is 21.7 Å². The molecule has 0 radical (unpaired) electrons. The van der Waals surface area contributed by atoms with Crippen LogP contribution in [0.1, 0.15) is 11.6 Å². The van der Waals surface area contributed by atoms with Gasteiger partial charge in [0.05, 0.1) is 17.1 Å². The largest absolute Gasteiger partial charge is 0.508 e. The van der Waals surface area contributed by atoms with E-state index in [0.29, 0.717) is 6.61 Å². The number of rotatable bonds is 2. The van der Waals surface area contributed by atoms with Crippen molar-refractivity contribution >= 4 is 16.7 Å². The Balaban J connectivity index is 1.64. The molecule has 5 nitrogen and oxygen atoms in total. The lowest BCUT2D eigenvalue weighted by Crippen LogP contribution is -2.11. The highest BCUT2D eigenvalue weighted by Crippen LogP contribution is 2.36. The summed E-state index contributed by atoms with van der Waals surface area (Å²) in [6, 6.07) is 11.2. The molecule has 2 heterocycles. The summed E-state index contributed by atoms with van der Waals surface area (Å²) in [7, 11) is 0. The summed E-state index contributed by atoms with van der Waals surface area (Å²) in [6.07, 6.45) is 3.37. The number of fused-ring (bicyclic) bond motifs is 2. The van der Waals surface area contributed by atoms with Crippen LogP contribution in [0.4, 0.5) is 5.69 Å². The van der Waals surface area contributed by atoms with E-state index < -0.39 is 0 Å². The molecule has 0 amide bonds. The molecule has 2 aromatic carbocycles. The summed E-state index contributed by atoms with van der Waals surface area (Å²) in [6.45, 7) is 0.539. The van der Waals surface area contributed by atoms with Crippen molar-refractivity contribution in [3.8, 4) is 11.5 Å². The second-order valence-electron chi connectivity index (χ2n) is 4.99. The molecule has 0 fully saturated rings. The van der Waals surface area contributed by atoms with Crippen molar-refractivity contribution in [3.05, 3.63) is 54.4 Å². The quantitative estimate of drug-likeness (QED) is 0.755. The molecule has 1 aliphatic heterocycles. The zero-order valence-corrected chi connectivity index (χ0v) is 11.2. The lowest BCUT2D eigenvalue weighted by atomic mass is 10.1. The number of aromatic hydroxyl groups is 1. The van der Waals surface area contributed by atoms with E-state index in [1.54, 1.807) is 24.5 Å². The highest BCUT2D eigenvalue weighted by Gasteiger charge is 2.24. The maximum Gasteiger partial charge on any atom is 0.128 e. The monoisotopic (exact) mass is 279 g/mol. The Bertz CT molecular complexity index is 819. The predicted molar refractivity (Wildman–Crippen MR) is 79.5 cm³/mol. The minimum Gasteiger partial charge on any atom is -0.508 e. The fourth-order valence-corrected chi connectivity index (χ4v) is 2.57. The van der Waals surface area contributed by atoms with E-state index in [9.17, 15) is 5.11 Å². The number of nitrogens with zero attached hydrogens (tertiary/aromatic N) is 2. The van der Waals surface area contributed by atoms with Gasteiger partial charge in [-0.1, -0.05) is 0 Å². The van der Waals surface area contributed by atoms with E-state index in [1.807, 2.05) is 24.3 Å². The number of anilines is 1. The van der Waals surface area contributed by atoms with E-state index in [0.717, 1.165) is 28.0 Å². The number of nitrogens with one attached hydrogen (secondary N) is 1. The van der Waals surface area contributed by atoms with E-state index in [1.165, 1.54) is 0 Å². The molecule has 2 N–H and O–H groups in total. The van der Waals surface area contributed by atoms with Gasteiger partial charge in [0, 0.05) is 29.7 Å². The lowest BCUT2D eigenvalue weighted by Gasteiger charge is -2.13. The average molecular weight is 279 g/mol. The van der Waals surface area contributed by atoms with Crippen molar-refractivity contribution in [2.24, 2.45) is 0 Å². The van der Waals surface area contributed by atoms with Gasteiger partial charge in [-0.2, -0.15) is 0 Å². The van der Waals surface area contributed by atoms with Gasteiger partial charge in [-0.3, -0.25) is 9.97 Å². The number of phenols is 1. The average Bonchev–Trinajstić information content (AvgIpc) is 2.89. The summed E-state index contributed by atoms with van der Waals surface area (Å²) in [5.74, 6) is 0.948. The Labute approximate surface area is 121 Å². The highest BCUT2D eigenvalue weighted by atomic mass is 16.5. The minimum absolute atomic E-state index is 0.0646. The van der Waals surface area contributed by atoms with Gasteiger partial charge in [0.2, 0.25) is 0 Å². The van der Waals surface area contributed by atoms with Crippen LogP contribution in [0.3, 0.4) is 0 Å². The number of phenolic OH excluding ortho intramolecular Hbond substituents is 1. The first kappa shape index (κ1) is 12.0. The topological polar surface area (TPSA) is 67.3 Å². The fourth-order valence-electron chi connectivity index (χ4n) is 2.57. The third kappa shape index (κ3) is 2.12. The maximum absolute atomic E-state index is 9.48. The SMILES string of the molecule is Oc1ccc2c(c1)OCC2Nc1ccc2nccnc2c1. The maximum atomic E-state index is 9.48. The third-order valence-electron chi connectivity index (χ3n) is 3.59. The molecule has 0 saturated heterocycles. The van der Waals surface area contributed by atoms with Crippen LogP contribution in [0, 0.1) is 0 Å². The molecule has 1 aromatic heterocycles. The van der Waals surface area contributed by atoms with Crippen LogP contribution in [-0.2, 0) is 0 Å². The molecule has 5 heteroatoms. The van der Waals surface area contributed by atoms with Crippen molar-refractivity contribution in [1.82, 2.24) is 9.97 Å². The summed E-state index contributed by atoms with van der Waals surface area (Å²) >= 11 is 0. The fraction of sp³-hybridized carbons (Fsp3) is 0.125. The van der Waals surface area contributed by atoms with Crippen molar-refractivity contribution in [2.45, 2.75) is 6.04 Å². The van der Waals surface area contributed by atoms with Crippen LogP contribution < -0.4 is 10.1 Å². The zero-order chi connectivity index (χ0) is 14.2. The van der Waals surface area contributed by atoms with Gasteiger partial charge in [-0.05, 0) is 30.3 Å². The van der Waals surface area contributed by atoms with Crippen molar-refractivity contribution in [3.63, 3.8) is 0 Å². The molecule has 1 unspecified atom stereocenters. The van der Waals surface area contributed by atoms with Gasteiger partial charge < -0.3 is 15.2 Å². The predicted octanol–water partition coefficient (Wildman–Crippen LogP) is 2.88. The molecule has 3 aromatic rings. The van der Waals surface area contributed by atoms with Gasteiger partial charge in [0.1, 0.15) is 18.1 Å². The molecular formula is C16H13N3O2. The van der Waals surface area contributed by atoms with Crippen LogP contribution in [0.15, 0.2) is 48.8 Å². The molecule has 0 saturated carbocycles. The molecule has 1 atom stereocenters. The summed E-state index contributed by atoms with van der Waals surface area (Å²) < 4.78 is 5.60. The number of benzene rings is 2. The Hall–Kier alpha value is -2.82. The van der Waals surface area contributed by atoms with Crippen molar-refractivity contribution in [2.75, 3.05) is 11.9 Å². The number of hydrogen-bond donors (Lipinski definition) is 2. The van der Waals surface area contributed by atoms with Gasteiger partial charge >= 0.3 is 0 Å². The van der Waals surface area contributed by atoms with E-state index in [4.69, 9.17) is 4.74 Å². The second-order valence-corrected chi connectivity index (χ2v) is 4.99. The molecule has 0 spiro atoms. The van der Waals surface area contributed by atoms with Crippen LogP contribution in [0.2, 0.25) is 0 Å². The summed E-state index contributed by atoms with van der Waals surface area (Å²) in [5, 5.41) is 12.9. The smallest absolute Gasteiger partial charge is 0.128 e. The van der Waals surface area contributed by atoms with Crippen LogP contribution >= 0.6 is 0 Å². The molecule has 104 valence electrons. The minimum atomic E-state index is 0.0646. The van der Waals surface area contributed by atoms with Crippen molar-refractivity contribution < 1.29 is 9.84 Å². The molecule has 1 aliphatic rings. The number of hydrogen-bond acceptors (Lipinski definition) is 5. The van der Waals surface area contributed by atoms with Gasteiger partial charge in [-0.15, -0.1) is 0 Å².